The third-order valence-electron chi connectivity index (χ3n) is 3.12. The minimum Gasteiger partial charge on any atom is -0.380 e. The Morgan fingerprint density at radius 2 is 2.20 bits per heavy atom. The maximum atomic E-state index is 5.15. The van der Waals surface area contributed by atoms with Gasteiger partial charge in [-0.05, 0) is 29.7 Å². The van der Waals surface area contributed by atoms with E-state index in [0.29, 0.717) is 0 Å². The molecule has 2 nitrogen and oxygen atoms in total. The van der Waals surface area contributed by atoms with Gasteiger partial charge in [-0.2, -0.15) is 0 Å². The van der Waals surface area contributed by atoms with Crippen LogP contribution in [-0.4, -0.2) is 25.1 Å². The van der Waals surface area contributed by atoms with Gasteiger partial charge < -0.3 is 4.74 Å². The fourth-order valence-corrected chi connectivity index (χ4v) is 2.19. The highest BCUT2D eigenvalue weighted by Crippen LogP contribution is 2.20. The molecule has 2 heteroatoms. The summed E-state index contributed by atoms with van der Waals surface area (Å²) in [5.74, 6) is 0. The van der Waals surface area contributed by atoms with Crippen molar-refractivity contribution in [3.8, 4) is 0 Å². The molecule has 0 saturated heterocycles. The van der Waals surface area contributed by atoms with Gasteiger partial charge in [0.1, 0.15) is 0 Å². The van der Waals surface area contributed by atoms with Crippen molar-refractivity contribution in [3.05, 3.63) is 34.9 Å². The molecular formula is C13H19NO. The van der Waals surface area contributed by atoms with Crippen molar-refractivity contribution in [3.63, 3.8) is 0 Å². The van der Waals surface area contributed by atoms with Crippen molar-refractivity contribution < 1.29 is 4.74 Å². The number of nitrogens with zero attached hydrogens (tertiary/aromatic N) is 1. The summed E-state index contributed by atoms with van der Waals surface area (Å²) in [5.41, 5.74) is 4.29. The van der Waals surface area contributed by atoms with Crippen molar-refractivity contribution in [1.29, 1.82) is 0 Å². The average Bonchev–Trinajstić information content (AvgIpc) is 2.29. The number of hydrogen-bond acceptors (Lipinski definition) is 2. The average molecular weight is 205 g/mol. The zero-order valence-corrected chi connectivity index (χ0v) is 9.62. The summed E-state index contributed by atoms with van der Waals surface area (Å²) >= 11 is 0. The molecule has 1 aliphatic rings. The molecule has 0 atom stereocenters. The standard InChI is InChI=1S/C13H19NO/c1-3-14-7-6-12-8-11(10-15-2)4-5-13(12)9-14/h4-5,8H,3,6-7,9-10H2,1-2H3. The molecule has 0 N–H and O–H groups in total. The van der Waals surface area contributed by atoms with Gasteiger partial charge in [-0.3, -0.25) is 4.90 Å². The Bertz CT molecular complexity index is 335. The predicted octanol–water partition coefficient (Wildman–Crippen LogP) is 2.21. The highest BCUT2D eigenvalue weighted by molar-refractivity contribution is 5.33. The second-order valence-electron chi connectivity index (χ2n) is 4.15. The first-order chi connectivity index (χ1) is 7.33. The van der Waals surface area contributed by atoms with E-state index in [9.17, 15) is 0 Å². The van der Waals surface area contributed by atoms with E-state index >= 15 is 0 Å². The van der Waals surface area contributed by atoms with E-state index in [4.69, 9.17) is 4.74 Å². The molecule has 0 aliphatic carbocycles. The van der Waals surface area contributed by atoms with Crippen LogP contribution in [0.4, 0.5) is 0 Å². The monoisotopic (exact) mass is 205 g/mol. The quantitative estimate of drug-likeness (QED) is 0.750. The van der Waals surface area contributed by atoms with Gasteiger partial charge in [0.2, 0.25) is 0 Å². The van der Waals surface area contributed by atoms with Gasteiger partial charge in [0.05, 0.1) is 6.61 Å². The molecular weight excluding hydrogens is 186 g/mol. The molecule has 0 bridgehead atoms. The van der Waals surface area contributed by atoms with E-state index in [1.54, 1.807) is 7.11 Å². The van der Waals surface area contributed by atoms with Crippen LogP contribution in [0.25, 0.3) is 0 Å². The van der Waals surface area contributed by atoms with Gasteiger partial charge >= 0.3 is 0 Å². The third-order valence-corrected chi connectivity index (χ3v) is 3.12. The largest absolute Gasteiger partial charge is 0.380 e. The van der Waals surface area contributed by atoms with Crippen LogP contribution in [0.2, 0.25) is 0 Å². The van der Waals surface area contributed by atoms with Crippen LogP contribution in [0.15, 0.2) is 18.2 Å². The number of benzene rings is 1. The second-order valence-corrected chi connectivity index (χ2v) is 4.15. The second kappa shape index (κ2) is 4.77. The summed E-state index contributed by atoms with van der Waals surface area (Å²) in [4.78, 5) is 2.48. The lowest BCUT2D eigenvalue weighted by Gasteiger charge is -2.27. The van der Waals surface area contributed by atoms with Gasteiger partial charge in [0.25, 0.3) is 0 Å². The zero-order valence-electron chi connectivity index (χ0n) is 9.62. The van der Waals surface area contributed by atoms with Crippen molar-refractivity contribution in [2.24, 2.45) is 0 Å². The zero-order chi connectivity index (χ0) is 10.7. The molecule has 0 unspecified atom stereocenters. The van der Waals surface area contributed by atoms with Gasteiger partial charge in [0.15, 0.2) is 0 Å². The van der Waals surface area contributed by atoms with Gasteiger partial charge in [-0.1, -0.05) is 25.1 Å². The molecule has 0 fully saturated rings. The molecule has 1 aromatic carbocycles. The minimum absolute atomic E-state index is 0.727. The molecule has 2 rings (SSSR count). The topological polar surface area (TPSA) is 12.5 Å². The lowest BCUT2D eigenvalue weighted by molar-refractivity contribution is 0.184. The maximum Gasteiger partial charge on any atom is 0.0713 e. The smallest absolute Gasteiger partial charge is 0.0713 e. The Balaban J connectivity index is 2.17. The maximum absolute atomic E-state index is 5.15. The van der Waals surface area contributed by atoms with E-state index in [0.717, 1.165) is 19.7 Å². The summed E-state index contributed by atoms with van der Waals surface area (Å²) in [7, 11) is 1.75. The van der Waals surface area contributed by atoms with Crippen LogP contribution in [0.5, 0.6) is 0 Å². The summed E-state index contributed by atoms with van der Waals surface area (Å²) in [6, 6.07) is 6.73. The molecule has 82 valence electrons. The van der Waals surface area contributed by atoms with E-state index in [1.807, 2.05) is 0 Å². The summed E-state index contributed by atoms with van der Waals surface area (Å²) in [6.45, 7) is 6.41. The van der Waals surface area contributed by atoms with Crippen molar-refractivity contribution in [2.45, 2.75) is 26.5 Å². The Morgan fingerprint density at radius 1 is 1.33 bits per heavy atom. The molecule has 1 aliphatic heterocycles. The van der Waals surface area contributed by atoms with Crippen LogP contribution in [0.3, 0.4) is 0 Å². The summed E-state index contributed by atoms with van der Waals surface area (Å²) < 4.78 is 5.15. The Hall–Kier alpha value is -0.860. The molecule has 1 aromatic rings. The van der Waals surface area contributed by atoms with Crippen LogP contribution < -0.4 is 0 Å². The lowest BCUT2D eigenvalue weighted by atomic mass is 9.97. The minimum atomic E-state index is 0.727. The van der Waals surface area contributed by atoms with Crippen LogP contribution in [-0.2, 0) is 24.3 Å². The van der Waals surface area contributed by atoms with Gasteiger partial charge in [0, 0.05) is 20.2 Å². The third kappa shape index (κ3) is 2.39. The summed E-state index contributed by atoms with van der Waals surface area (Å²) in [6.07, 6.45) is 1.18. The van der Waals surface area contributed by atoms with E-state index in [-0.39, 0.29) is 0 Å². The van der Waals surface area contributed by atoms with Gasteiger partial charge in [-0.15, -0.1) is 0 Å². The van der Waals surface area contributed by atoms with Crippen molar-refractivity contribution >= 4 is 0 Å². The highest BCUT2D eigenvalue weighted by atomic mass is 16.5. The number of methoxy groups -OCH3 is 1. The number of fused-ring (bicyclic) bond motifs is 1. The number of likely N-dealkylation sites (N-methyl/N-ethyl adjacent to an activating group) is 1. The molecule has 15 heavy (non-hydrogen) atoms. The molecule has 0 aromatic heterocycles. The SMILES string of the molecule is CCN1CCc2cc(COC)ccc2C1. The molecule has 0 spiro atoms. The first-order valence-electron chi connectivity index (χ1n) is 5.65. The van der Waals surface area contributed by atoms with Crippen molar-refractivity contribution in [1.82, 2.24) is 4.90 Å². The summed E-state index contributed by atoms with van der Waals surface area (Å²) in [5, 5.41) is 0. The Kier molecular flexibility index (Phi) is 3.39. The van der Waals surface area contributed by atoms with E-state index in [1.165, 1.54) is 29.7 Å². The highest BCUT2D eigenvalue weighted by Gasteiger charge is 2.14. The number of rotatable bonds is 3. The molecule has 0 radical (unpaired) electrons. The normalized spacial score (nSPS) is 16.4. The van der Waals surface area contributed by atoms with E-state index in [2.05, 4.69) is 30.0 Å². The number of ether oxygens (including phenoxy) is 1. The fourth-order valence-electron chi connectivity index (χ4n) is 2.19. The molecule has 0 saturated carbocycles. The Labute approximate surface area is 91.9 Å². The number of hydrogen-bond donors (Lipinski definition) is 0. The van der Waals surface area contributed by atoms with Crippen LogP contribution in [0, 0.1) is 0 Å². The van der Waals surface area contributed by atoms with Gasteiger partial charge in [-0.25, -0.2) is 0 Å². The first kappa shape index (κ1) is 10.7. The van der Waals surface area contributed by atoms with Crippen LogP contribution in [0.1, 0.15) is 23.6 Å². The first-order valence-corrected chi connectivity index (χ1v) is 5.65. The fraction of sp³-hybridized carbons (Fsp3) is 0.538. The lowest BCUT2D eigenvalue weighted by Crippen LogP contribution is -2.30. The predicted molar refractivity (Wildman–Crippen MR) is 61.8 cm³/mol. The van der Waals surface area contributed by atoms with E-state index < -0.39 is 0 Å². The molecule has 1 heterocycles. The molecule has 0 amide bonds. The van der Waals surface area contributed by atoms with Crippen molar-refractivity contribution in [2.75, 3.05) is 20.2 Å². The van der Waals surface area contributed by atoms with Crippen LogP contribution >= 0.6 is 0 Å². The Morgan fingerprint density at radius 3 is 2.93 bits per heavy atom.